The zero-order valence-electron chi connectivity index (χ0n) is 15.6. The van der Waals surface area contributed by atoms with Gasteiger partial charge in [-0.3, -0.25) is 9.69 Å². The number of methoxy groups -OCH3 is 1. The fourth-order valence-electron chi connectivity index (χ4n) is 3.54. The lowest BCUT2D eigenvalue weighted by atomic mass is 9.89. The Bertz CT molecular complexity index is 846. The van der Waals surface area contributed by atoms with Gasteiger partial charge in [0.25, 0.3) is 5.89 Å². The molecule has 0 unspecified atom stereocenters. The zero-order chi connectivity index (χ0) is 21.2. The number of halogens is 4. The molecule has 0 saturated carbocycles. The Hall–Kier alpha value is -2.53. The Morgan fingerprint density at radius 2 is 1.93 bits per heavy atom. The predicted octanol–water partition coefficient (Wildman–Crippen LogP) is 2.48. The van der Waals surface area contributed by atoms with Crippen LogP contribution in [0.5, 0.6) is 0 Å². The number of likely N-dealkylation sites (tertiary alicyclic amines) is 1. The van der Waals surface area contributed by atoms with Gasteiger partial charge in [-0.25, -0.2) is 4.39 Å². The van der Waals surface area contributed by atoms with E-state index in [0.29, 0.717) is 31.5 Å². The van der Waals surface area contributed by atoms with E-state index in [1.165, 1.54) is 31.4 Å². The standard InChI is InChI=1S/C18H20F4N4O3/c1-28-17(16-24-13(25-29-16)10-18(20,21)22)6-8-26(9-7-17)14(15(23)27)11-2-4-12(19)5-3-11/h2-5,14H,6-10H2,1H3,(H2,23,27)/t14-/m0/s1. The maximum Gasteiger partial charge on any atom is 0.396 e. The van der Waals surface area contributed by atoms with E-state index in [4.69, 9.17) is 15.0 Å². The number of benzene rings is 1. The minimum Gasteiger partial charge on any atom is -0.368 e. The molecule has 1 aliphatic heterocycles. The summed E-state index contributed by atoms with van der Waals surface area (Å²) < 4.78 is 61.4. The summed E-state index contributed by atoms with van der Waals surface area (Å²) in [5.74, 6) is -1.52. The number of nitrogens with zero attached hydrogens (tertiary/aromatic N) is 3. The van der Waals surface area contributed by atoms with Crippen molar-refractivity contribution >= 4 is 5.91 Å². The van der Waals surface area contributed by atoms with E-state index in [-0.39, 0.29) is 5.89 Å². The number of aromatic nitrogens is 2. The largest absolute Gasteiger partial charge is 0.396 e. The fourth-order valence-corrected chi connectivity index (χ4v) is 3.54. The molecule has 0 bridgehead atoms. The summed E-state index contributed by atoms with van der Waals surface area (Å²) >= 11 is 0. The van der Waals surface area contributed by atoms with Crippen LogP contribution >= 0.6 is 0 Å². The number of alkyl halides is 3. The van der Waals surface area contributed by atoms with Crippen LogP contribution < -0.4 is 5.73 Å². The molecule has 1 atom stereocenters. The second-order valence-corrected chi connectivity index (χ2v) is 6.90. The van der Waals surface area contributed by atoms with E-state index in [2.05, 4.69) is 10.1 Å². The minimum atomic E-state index is -4.45. The first kappa shape index (κ1) is 21.2. The van der Waals surface area contributed by atoms with Gasteiger partial charge in [-0.05, 0) is 30.5 Å². The molecule has 2 N–H and O–H groups in total. The lowest BCUT2D eigenvalue weighted by molar-refractivity contribution is -0.129. The molecular weight excluding hydrogens is 396 g/mol. The van der Waals surface area contributed by atoms with Crippen molar-refractivity contribution in [2.24, 2.45) is 5.73 Å². The van der Waals surface area contributed by atoms with E-state index in [1.54, 1.807) is 4.90 Å². The summed E-state index contributed by atoms with van der Waals surface area (Å²) in [4.78, 5) is 17.7. The van der Waals surface area contributed by atoms with Crippen LogP contribution in [0.1, 0.15) is 36.2 Å². The van der Waals surface area contributed by atoms with Crippen molar-refractivity contribution in [1.29, 1.82) is 0 Å². The Morgan fingerprint density at radius 3 is 2.45 bits per heavy atom. The molecule has 0 radical (unpaired) electrons. The Balaban J connectivity index is 1.76. The third-order valence-corrected chi connectivity index (χ3v) is 5.03. The van der Waals surface area contributed by atoms with Gasteiger partial charge in [0.2, 0.25) is 5.91 Å². The number of amides is 1. The molecule has 2 heterocycles. The molecule has 1 amide bonds. The molecule has 29 heavy (non-hydrogen) atoms. The van der Waals surface area contributed by atoms with Crippen molar-refractivity contribution in [2.45, 2.75) is 37.1 Å². The number of ether oxygens (including phenoxy) is 1. The van der Waals surface area contributed by atoms with E-state index >= 15 is 0 Å². The first-order chi connectivity index (χ1) is 13.6. The summed E-state index contributed by atoms with van der Waals surface area (Å²) in [5, 5.41) is 3.40. The molecule has 7 nitrogen and oxygen atoms in total. The molecule has 1 aromatic carbocycles. The molecule has 2 aromatic rings. The Morgan fingerprint density at radius 1 is 1.31 bits per heavy atom. The molecule has 158 valence electrons. The number of rotatable bonds is 6. The summed E-state index contributed by atoms with van der Waals surface area (Å²) in [7, 11) is 1.41. The first-order valence-corrected chi connectivity index (χ1v) is 8.87. The highest BCUT2D eigenvalue weighted by molar-refractivity contribution is 5.81. The predicted molar refractivity (Wildman–Crippen MR) is 91.9 cm³/mol. The average molecular weight is 416 g/mol. The van der Waals surface area contributed by atoms with E-state index in [1.807, 2.05) is 0 Å². The van der Waals surface area contributed by atoms with Gasteiger partial charge < -0.3 is 15.0 Å². The van der Waals surface area contributed by atoms with Crippen molar-refractivity contribution < 1.29 is 31.6 Å². The van der Waals surface area contributed by atoms with E-state index in [0.717, 1.165) is 0 Å². The highest BCUT2D eigenvalue weighted by atomic mass is 19.4. The van der Waals surface area contributed by atoms with Gasteiger partial charge in [0.05, 0.1) is 0 Å². The second-order valence-electron chi connectivity index (χ2n) is 6.90. The molecule has 1 fully saturated rings. The average Bonchev–Trinajstić information content (AvgIpc) is 3.11. The maximum atomic E-state index is 13.2. The maximum absolute atomic E-state index is 13.2. The van der Waals surface area contributed by atoms with Crippen LogP contribution in [0.15, 0.2) is 28.8 Å². The Kier molecular flexibility index (Phi) is 5.90. The van der Waals surface area contributed by atoms with Crippen LogP contribution in [0.2, 0.25) is 0 Å². The normalized spacial score (nSPS) is 18.5. The van der Waals surface area contributed by atoms with Crippen LogP contribution in [0.4, 0.5) is 17.6 Å². The van der Waals surface area contributed by atoms with Gasteiger partial charge >= 0.3 is 6.18 Å². The number of nitrogens with two attached hydrogens (primary N) is 1. The summed E-state index contributed by atoms with van der Waals surface area (Å²) in [6, 6.07) is 4.70. The SMILES string of the molecule is COC1(c2nc(CC(F)(F)F)no2)CCN([C@H](C(N)=O)c2ccc(F)cc2)CC1. The first-order valence-electron chi connectivity index (χ1n) is 8.87. The lowest BCUT2D eigenvalue weighted by Gasteiger charge is -2.40. The lowest BCUT2D eigenvalue weighted by Crippen LogP contribution is -2.48. The van der Waals surface area contributed by atoms with Crippen molar-refractivity contribution in [2.75, 3.05) is 20.2 Å². The number of piperidine rings is 1. The zero-order valence-corrected chi connectivity index (χ0v) is 15.6. The fraction of sp³-hybridized carbons (Fsp3) is 0.500. The molecule has 11 heteroatoms. The highest BCUT2D eigenvalue weighted by Gasteiger charge is 2.44. The smallest absolute Gasteiger partial charge is 0.368 e. The molecule has 1 aromatic heterocycles. The van der Waals surface area contributed by atoms with Crippen molar-refractivity contribution in [3.05, 3.63) is 47.4 Å². The molecule has 1 aliphatic rings. The van der Waals surface area contributed by atoms with Crippen LogP contribution in [0.3, 0.4) is 0 Å². The van der Waals surface area contributed by atoms with Crippen LogP contribution in [0.25, 0.3) is 0 Å². The minimum absolute atomic E-state index is 0.0312. The van der Waals surface area contributed by atoms with Crippen molar-refractivity contribution in [3.8, 4) is 0 Å². The third kappa shape index (κ3) is 4.73. The molecule has 1 saturated heterocycles. The Labute approximate surface area is 163 Å². The molecule has 3 rings (SSSR count). The summed E-state index contributed by atoms with van der Waals surface area (Å²) in [6.45, 7) is 0.658. The third-order valence-electron chi connectivity index (χ3n) is 5.03. The van der Waals surface area contributed by atoms with Gasteiger partial charge in [0.1, 0.15) is 23.9 Å². The van der Waals surface area contributed by atoms with Gasteiger partial charge in [0.15, 0.2) is 5.82 Å². The quantitative estimate of drug-likeness (QED) is 0.727. The summed E-state index contributed by atoms with van der Waals surface area (Å²) in [5.41, 5.74) is 5.05. The van der Waals surface area contributed by atoms with Crippen LogP contribution in [-0.2, 0) is 21.6 Å². The van der Waals surface area contributed by atoms with Crippen molar-refractivity contribution in [1.82, 2.24) is 15.0 Å². The van der Waals surface area contributed by atoms with Gasteiger partial charge in [-0.15, -0.1) is 0 Å². The number of hydrogen-bond acceptors (Lipinski definition) is 6. The topological polar surface area (TPSA) is 94.5 Å². The van der Waals surface area contributed by atoms with Crippen LogP contribution in [-0.4, -0.2) is 47.3 Å². The van der Waals surface area contributed by atoms with Crippen molar-refractivity contribution in [3.63, 3.8) is 0 Å². The monoisotopic (exact) mass is 416 g/mol. The van der Waals surface area contributed by atoms with Gasteiger partial charge in [-0.2, -0.15) is 18.2 Å². The van der Waals surface area contributed by atoms with Gasteiger partial charge in [-0.1, -0.05) is 17.3 Å². The molecule has 0 aliphatic carbocycles. The van der Waals surface area contributed by atoms with Gasteiger partial charge in [0, 0.05) is 20.2 Å². The number of primary amides is 1. The number of hydrogen-bond donors (Lipinski definition) is 1. The highest BCUT2D eigenvalue weighted by Crippen LogP contribution is 2.38. The molecular formula is C18H20F4N4O3. The van der Waals surface area contributed by atoms with Crippen LogP contribution in [0, 0.1) is 5.82 Å². The molecule has 0 spiro atoms. The van der Waals surface area contributed by atoms with E-state index < -0.39 is 41.8 Å². The number of carbonyl (C=O) groups is 1. The second kappa shape index (κ2) is 8.07. The van der Waals surface area contributed by atoms with E-state index in [9.17, 15) is 22.4 Å². The summed E-state index contributed by atoms with van der Waals surface area (Å²) in [6.07, 6.45) is -5.16. The number of carbonyl (C=O) groups excluding carboxylic acids is 1.